The summed E-state index contributed by atoms with van der Waals surface area (Å²) in [7, 11) is 2.00. The average molecular weight is 282 g/mol. The van der Waals surface area contributed by atoms with Gasteiger partial charge in [0, 0.05) is 29.8 Å². The van der Waals surface area contributed by atoms with Crippen molar-refractivity contribution in [2.45, 2.75) is 37.8 Å². The van der Waals surface area contributed by atoms with Gasteiger partial charge in [-0.3, -0.25) is 4.79 Å². The lowest BCUT2D eigenvalue weighted by Crippen LogP contribution is -2.39. The summed E-state index contributed by atoms with van der Waals surface area (Å²) >= 11 is 5.93. The number of amides is 1. The first kappa shape index (κ1) is 14.2. The Bertz CT molecular complexity index is 470. The Morgan fingerprint density at radius 2 is 1.95 bits per heavy atom. The van der Waals surface area contributed by atoms with E-state index in [1.165, 1.54) is 0 Å². The van der Waals surface area contributed by atoms with E-state index in [1.807, 2.05) is 13.1 Å². The van der Waals surface area contributed by atoms with E-state index in [4.69, 9.17) is 23.1 Å². The second-order valence-corrected chi connectivity index (χ2v) is 5.64. The van der Waals surface area contributed by atoms with E-state index in [0.29, 0.717) is 22.7 Å². The van der Waals surface area contributed by atoms with Crippen molar-refractivity contribution in [2.24, 2.45) is 11.5 Å². The van der Waals surface area contributed by atoms with Crippen LogP contribution in [0.15, 0.2) is 18.2 Å². The van der Waals surface area contributed by atoms with Gasteiger partial charge in [0.1, 0.15) is 0 Å². The van der Waals surface area contributed by atoms with Crippen molar-refractivity contribution in [3.63, 3.8) is 0 Å². The van der Waals surface area contributed by atoms with Crippen LogP contribution < -0.4 is 16.4 Å². The number of benzene rings is 1. The highest BCUT2D eigenvalue weighted by Gasteiger charge is 2.24. The lowest BCUT2D eigenvalue weighted by Gasteiger charge is -2.35. The summed E-state index contributed by atoms with van der Waals surface area (Å²) in [6, 6.07) is 5.99. The first-order valence-electron chi connectivity index (χ1n) is 6.57. The molecule has 104 valence electrons. The van der Waals surface area contributed by atoms with Gasteiger partial charge in [-0.05, 0) is 43.9 Å². The van der Waals surface area contributed by atoms with Crippen molar-refractivity contribution in [1.29, 1.82) is 0 Å². The predicted octanol–water partition coefficient (Wildman–Crippen LogP) is 2.14. The average Bonchev–Trinajstić information content (AvgIpc) is 2.38. The molecule has 19 heavy (non-hydrogen) atoms. The summed E-state index contributed by atoms with van der Waals surface area (Å²) < 4.78 is 0. The summed E-state index contributed by atoms with van der Waals surface area (Å²) in [6.07, 6.45) is 4.12. The Labute approximate surface area is 118 Å². The monoisotopic (exact) mass is 281 g/mol. The Morgan fingerprint density at radius 3 is 2.53 bits per heavy atom. The minimum absolute atomic E-state index is 0.311. The van der Waals surface area contributed by atoms with Crippen LogP contribution in [-0.2, 0) is 0 Å². The van der Waals surface area contributed by atoms with E-state index in [2.05, 4.69) is 4.90 Å². The van der Waals surface area contributed by atoms with Crippen LogP contribution in [0.5, 0.6) is 0 Å². The smallest absolute Gasteiger partial charge is 0.250 e. The van der Waals surface area contributed by atoms with Crippen LogP contribution in [0, 0.1) is 0 Å². The first-order chi connectivity index (χ1) is 8.99. The molecule has 0 saturated heterocycles. The molecule has 4 nitrogen and oxygen atoms in total. The number of primary amides is 1. The second-order valence-electron chi connectivity index (χ2n) is 5.21. The molecule has 1 saturated carbocycles. The molecular formula is C14H20ClN3O. The van der Waals surface area contributed by atoms with Gasteiger partial charge >= 0.3 is 0 Å². The number of hydrogen-bond donors (Lipinski definition) is 2. The fraction of sp³-hybridized carbons (Fsp3) is 0.500. The van der Waals surface area contributed by atoms with E-state index >= 15 is 0 Å². The Balaban J connectivity index is 2.23. The van der Waals surface area contributed by atoms with E-state index in [9.17, 15) is 4.79 Å². The lowest BCUT2D eigenvalue weighted by molar-refractivity contribution is 0.100. The van der Waals surface area contributed by atoms with Crippen LogP contribution >= 0.6 is 11.6 Å². The van der Waals surface area contributed by atoms with Crippen LogP contribution in [0.1, 0.15) is 36.0 Å². The molecule has 0 radical (unpaired) electrons. The fourth-order valence-electron chi connectivity index (χ4n) is 2.70. The molecular weight excluding hydrogens is 262 g/mol. The maximum absolute atomic E-state index is 11.5. The van der Waals surface area contributed by atoms with Crippen molar-refractivity contribution in [3.05, 3.63) is 28.8 Å². The van der Waals surface area contributed by atoms with Gasteiger partial charge in [0.05, 0.1) is 5.56 Å². The number of nitrogens with zero attached hydrogens (tertiary/aromatic N) is 1. The van der Waals surface area contributed by atoms with Gasteiger partial charge in [0.25, 0.3) is 5.91 Å². The summed E-state index contributed by atoms with van der Waals surface area (Å²) in [4.78, 5) is 13.7. The molecule has 0 aromatic heterocycles. The first-order valence-corrected chi connectivity index (χ1v) is 6.94. The summed E-state index contributed by atoms with van der Waals surface area (Å²) in [5.41, 5.74) is 12.7. The fourth-order valence-corrected chi connectivity index (χ4v) is 2.87. The number of anilines is 1. The molecule has 2 rings (SSSR count). The third-order valence-electron chi connectivity index (χ3n) is 3.89. The van der Waals surface area contributed by atoms with Gasteiger partial charge in [-0.1, -0.05) is 11.6 Å². The van der Waals surface area contributed by atoms with Gasteiger partial charge in [-0.2, -0.15) is 0 Å². The molecule has 1 aliphatic carbocycles. The SMILES string of the molecule is CN(c1ccc(Cl)cc1C(N)=O)C1CCC(N)CC1. The van der Waals surface area contributed by atoms with Gasteiger partial charge in [-0.15, -0.1) is 0 Å². The van der Waals surface area contributed by atoms with Gasteiger partial charge < -0.3 is 16.4 Å². The highest BCUT2D eigenvalue weighted by Crippen LogP contribution is 2.29. The highest BCUT2D eigenvalue weighted by atomic mass is 35.5. The summed E-state index contributed by atoms with van der Waals surface area (Å²) in [5.74, 6) is -0.447. The zero-order valence-corrected chi connectivity index (χ0v) is 11.9. The molecule has 5 heteroatoms. The molecule has 1 aliphatic rings. The Hall–Kier alpha value is -1.26. The highest BCUT2D eigenvalue weighted by molar-refractivity contribution is 6.31. The standard InChI is InChI=1S/C14H20ClN3O/c1-18(11-5-3-10(16)4-6-11)13-7-2-9(15)8-12(13)14(17)19/h2,7-8,10-11H,3-6,16H2,1H3,(H2,17,19). The van der Waals surface area contributed by atoms with Gasteiger partial charge in [0.2, 0.25) is 0 Å². The second kappa shape index (κ2) is 5.80. The Morgan fingerprint density at radius 1 is 1.32 bits per heavy atom. The molecule has 0 atom stereocenters. The molecule has 0 spiro atoms. The van der Waals surface area contributed by atoms with E-state index in [-0.39, 0.29) is 0 Å². The molecule has 0 heterocycles. The lowest BCUT2D eigenvalue weighted by atomic mass is 9.90. The van der Waals surface area contributed by atoms with Crippen LogP contribution in [0.3, 0.4) is 0 Å². The minimum Gasteiger partial charge on any atom is -0.371 e. The number of carbonyl (C=O) groups excluding carboxylic acids is 1. The molecule has 0 aliphatic heterocycles. The zero-order chi connectivity index (χ0) is 14.0. The third-order valence-corrected chi connectivity index (χ3v) is 4.13. The van der Waals surface area contributed by atoms with E-state index < -0.39 is 5.91 Å². The zero-order valence-electron chi connectivity index (χ0n) is 11.1. The molecule has 0 bridgehead atoms. The Kier molecular flexibility index (Phi) is 4.32. The number of carbonyl (C=O) groups is 1. The third kappa shape index (κ3) is 3.19. The van der Waals surface area contributed by atoms with Gasteiger partial charge in [0.15, 0.2) is 0 Å². The molecule has 1 aromatic carbocycles. The number of rotatable bonds is 3. The van der Waals surface area contributed by atoms with Crippen LogP contribution in [-0.4, -0.2) is 25.0 Å². The largest absolute Gasteiger partial charge is 0.371 e. The van der Waals surface area contributed by atoms with Gasteiger partial charge in [-0.25, -0.2) is 0 Å². The number of nitrogens with two attached hydrogens (primary N) is 2. The van der Waals surface area contributed by atoms with E-state index in [0.717, 1.165) is 31.4 Å². The van der Waals surface area contributed by atoms with Crippen LogP contribution in [0.25, 0.3) is 0 Å². The van der Waals surface area contributed by atoms with E-state index in [1.54, 1.807) is 12.1 Å². The van der Waals surface area contributed by atoms with Crippen molar-refractivity contribution in [3.8, 4) is 0 Å². The topological polar surface area (TPSA) is 72.3 Å². The molecule has 1 fully saturated rings. The van der Waals surface area contributed by atoms with Crippen molar-refractivity contribution >= 4 is 23.2 Å². The molecule has 1 aromatic rings. The number of hydrogen-bond acceptors (Lipinski definition) is 3. The summed E-state index contributed by atoms with van der Waals surface area (Å²) in [6.45, 7) is 0. The minimum atomic E-state index is -0.447. The maximum atomic E-state index is 11.5. The quantitative estimate of drug-likeness (QED) is 0.892. The van der Waals surface area contributed by atoms with Crippen molar-refractivity contribution in [1.82, 2.24) is 0 Å². The molecule has 4 N–H and O–H groups in total. The van der Waals surface area contributed by atoms with Crippen molar-refractivity contribution < 1.29 is 4.79 Å². The molecule has 1 amide bonds. The van der Waals surface area contributed by atoms with Crippen LogP contribution in [0.2, 0.25) is 5.02 Å². The maximum Gasteiger partial charge on any atom is 0.250 e. The van der Waals surface area contributed by atoms with Crippen molar-refractivity contribution in [2.75, 3.05) is 11.9 Å². The number of halogens is 1. The summed E-state index contributed by atoms with van der Waals surface area (Å²) in [5, 5.41) is 0.525. The normalized spacial score (nSPS) is 23.1. The van der Waals surface area contributed by atoms with Crippen LogP contribution in [0.4, 0.5) is 5.69 Å². The predicted molar refractivity (Wildman–Crippen MR) is 78.6 cm³/mol. The molecule has 0 unspecified atom stereocenters.